The van der Waals surface area contributed by atoms with Crippen LogP contribution in [0.15, 0.2) is 42.5 Å². The van der Waals surface area contributed by atoms with Gasteiger partial charge in [-0.25, -0.2) is 13.2 Å². The lowest BCUT2D eigenvalue weighted by molar-refractivity contribution is -0.228. The van der Waals surface area contributed by atoms with Crippen molar-refractivity contribution in [3.8, 4) is 0 Å². The summed E-state index contributed by atoms with van der Waals surface area (Å²) in [4.78, 5) is 27.9. The van der Waals surface area contributed by atoms with Crippen molar-refractivity contribution in [2.45, 2.75) is 74.5 Å². The largest absolute Gasteiger partial charge is 0.426 e. The van der Waals surface area contributed by atoms with Crippen molar-refractivity contribution < 1.29 is 40.0 Å². The molecule has 0 N–H and O–H groups in total. The number of nitrogens with zero attached hydrogens (tertiary/aromatic N) is 2. The van der Waals surface area contributed by atoms with E-state index < -0.39 is 72.1 Å². The fourth-order valence-corrected chi connectivity index (χ4v) is 6.36. The van der Waals surface area contributed by atoms with E-state index in [1.54, 1.807) is 12.1 Å². The highest BCUT2D eigenvalue weighted by Crippen LogP contribution is 2.51. The fourth-order valence-electron chi connectivity index (χ4n) is 6.36. The predicted octanol–water partition coefficient (Wildman–Crippen LogP) is 5.17. The van der Waals surface area contributed by atoms with Gasteiger partial charge in [-0.1, -0.05) is 30.3 Å². The van der Waals surface area contributed by atoms with E-state index in [2.05, 4.69) is 0 Å². The van der Waals surface area contributed by atoms with E-state index in [4.69, 9.17) is 4.11 Å². The van der Waals surface area contributed by atoms with Gasteiger partial charge >= 0.3 is 6.18 Å². The molecule has 2 heterocycles. The second-order valence-electron chi connectivity index (χ2n) is 10.6. The molecule has 0 saturated carbocycles. The summed E-state index contributed by atoms with van der Waals surface area (Å²) >= 11 is 0. The maximum Gasteiger partial charge on any atom is 0.426 e. The number of likely N-dealkylation sites (N-methyl/N-ethyl adjacent to an activating group) is 1. The normalized spacial score (nSPS) is 30.2. The van der Waals surface area contributed by atoms with Crippen molar-refractivity contribution >= 4 is 11.8 Å². The van der Waals surface area contributed by atoms with Gasteiger partial charge in [0.1, 0.15) is 11.9 Å². The Bertz CT molecular complexity index is 1360. The highest BCUT2D eigenvalue weighted by Gasteiger charge is 2.56. The van der Waals surface area contributed by atoms with Crippen molar-refractivity contribution in [1.29, 1.82) is 0 Å². The number of likely N-dealkylation sites (tertiary alicyclic amines) is 2. The number of alkyl halides is 5. The molecule has 5 rings (SSSR count). The number of fused-ring (bicyclic) bond motifs is 3. The number of rotatable bonds is 4. The van der Waals surface area contributed by atoms with Crippen LogP contribution in [0, 0.1) is 5.82 Å². The SMILES string of the molecule is [2H]C([2H])([2H])N1C(=O)[C@H](F)C[C@H]1C(=O)N1CC[C@@]2(Cc3ccc(F)cc3)c3ccc(C(C)(F)C(F)(F)F)cc3CC[C@@H]12. The highest BCUT2D eigenvalue weighted by molar-refractivity contribution is 5.93. The lowest BCUT2D eigenvalue weighted by Crippen LogP contribution is -2.53. The predicted molar refractivity (Wildman–Crippen MR) is 127 cm³/mol. The van der Waals surface area contributed by atoms with Crippen molar-refractivity contribution in [3.05, 3.63) is 70.5 Å². The molecule has 0 aromatic heterocycles. The van der Waals surface area contributed by atoms with Gasteiger partial charge < -0.3 is 9.80 Å². The van der Waals surface area contributed by atoms with Crippen molar-refractivity contribution in [1.82, 2.24) is 9.80 Å². The van der Waals surface area contributed by atoms with Crippen LogP contribution in [0.5, 0.6) is 0 Å². The van der Waals surface area contributed by atoms with Gasteiger partial charge in [0.15, 0.2) is 6.17 Å². The van der Waals surface area contributed by atoms with E-state index in [1.807, 2.05) is 0 Å². The third-order valence-corrected chi connectivity index (χ3v) is 8.46. The number of benzene rings is 2. The standard InChI is InChI=1S/C28H28F6N2O2/c1-26(31,28(32,33)34)18-6-9-20-17(13-18)5-10-23-27(20,15-16-3-7-19(29)8-4-16)11-12-36(23)25(38)22-14-21(30)24(37)35(22)2/h3-4,6-9,13,21-23H,5,10-12,14-15H2,1-2H3/t21-,22+,23-,26?,27-/m1/s1/i2D3. The quantitative estimate of drug-likeness (QED) is 0.502. The van der Waals surface area contributed by atoms with Gasteiger partial charge in [0, 0.05) is 35.5 Å². The lowest BCUT2D eigenvalue weighted by Gasteiger charge is -2.44. The third kappa shape index (κ3) is 4.07. The zero-order valence-corrected chi connectivity index (χ0v) is 20.5. The summed E-state index contributed by atoms with van der Waals surface area (Å²) in [5.41, 5.74) is -3.21. The van der Waals surface area contributed by atoms with Crippen LogP contribution < -0.4 is 0 Å². The van der Waals surface area contributed by atoms with Gasteiger partial charge in [0.05, 0.1) is 0 Å². The van der Waals surface area contributed by atoms with E-state index in [-0.39, 0.29) is 25.8 Å². The Morgan fingerprint density at radius 3 is 2.53 bits per heavy atom. The van der Waals surface area contributed by atoms with Crippen LogP contribution in [0.25, 0.3) is 0 Å². The van der Waals surface area contributed by atoms with E-state index in [1.165, 1.54) is 29.2 Å². The Morgan fingerprint density at radius 2 is 1.87 bits per heavy atom. The monoisotopic (exact) mass is 541 g/mol. The summed E-state index contributed by atoms with van der Waals surface area (Å²) in [5.74, 6) is -2.46. The maximum absolute atomic E-state index is 14.9. The molecule has 0 bridgehead atoms. The van der Waals surface area contributed by atoms with Crippen LogP contribution >= 0.6 is 0 Å². The molecule has 0 radical (unpaired) electrons. The molecule has 204 valence electrons. The van der Waals surface area contributed by atoms with Crippen LogP contribution in [-0.4, -0.2) is 59.6 Å². The molecular formula is C28H28F6N2O2. The molecule has 10 heteroatoms. The lowest BCUT2D eigenvalue weighted by atomic mass is 9.63. The first kappa shape index (κ1) is 22.9. The minimum Gasteiger partial charge on any atom is -0.337 e. The van der Waals surface area contributed by atoms with E-state index in [0.717, 1.165) is 6.07 Å². The molecule has 5 atom stereocenters. The molecule has 4 nitrogen and oxygen atoms in total. The number of halogens is 6. The zero-order valence-electron chi connectivity index (χ0n) is 23.5. The molecule has 0 spiro atoms. The van der Waals surface area contributed by atoms with Crippen molar-refractivity contribution in [2.24, 2.45) is 0 Å². The van der Waals surface area contributed by atoms with E-state index in [9.17, 15) is 35.9 Å². The molecule has 2 aromatic rings. The Kier molecular flexibility index (Phi) is 5.43. The minimum absolute atomic E-state index is 0.117. The number of carbonyl (C=O) groups is 2. The van der Waals surface area contributed by atoms with Gasteiger partial charge in [-0.3, -0.25) is 9.59 Å². The molecule has 2 aliphatic heterocycles. The summed E-state index contributed by atoms with van der Waals surface area (Å²) in [6, 6.07) is 7.29. The summed E-state index contributed by atoms with van der Waals surface area (Å²) < 4.78 is 106. The Hall–Kier alpha value is -3.04. The molecule has 3 aliphatic rings. The molecule has 2 amide bonds. The maximum atomic E-state index is 14.9. The molecular weight excluding hydrogens is 510 g/mol. The van der Waals surface area contributed by atoms with Crippen LogP contribution in [0.4, 0.5) is 26.3 Å². The summed E-state index contributed by atoms with van der Waals surface area (Å²) in [6.45, 7) is -2.45. The van der Waals surface area contributed by atoms with Gasteiger partial charge in [-0.15, -0.1) is 0 Å². The minimum atomic E-state index is -5.14. The Morgan fingerprint density at radius 1 is 1.16 bits per heavy atom. The van der Waals surface area contributed by atoms with Crippen LogP contribution in [0.3, 0.4) is 0 Å². The second kappa shape index (κ2) is 9.02. The van der Waals surface area contributed by atoms with E-state index in [0.29, 0.717) is 34.9 Å². The van der Waals surface area contributed by atoms with Gasteiger partial charge in [0.25, 0.3) is 5.91 Å². The van der Waals surface area contributed by atoms with Gasteiger partial charge in [-0.05, 0) is 67.0 Å². The van der Waals surface area contributed by atoms with E-state index >= 15 is 0 Å². The second-order valence-corrected chi connectivity index (χ2v) is 10.6. The smallest absolute Gasteiger partial charge is 0.337 e. The first-order valence-corrected chi connectivity index (χ1v) is 12.4. The van der Waals surface area contributed by atoms with Crippen LogP contribution in [-0.2, 0) is 33.5 Å². The summed E-state index contributed by atoms with van der Waals surface area (Å²) in [5, 5.41) is 0. The summed E-state index contributed by atoms with van der Waals surface area (Å²) in [6.07, 6.45) is -6.84. The first-order chi connectivity index (χ1) is 19.0. The molecule has 2 aromatic carbocycles. The van der Waals surface area contributed by atoms with Crippen molar-refractivity contribution in [3.63, 3.8) is 0 Å². The topological polar surface area (TPSA) is 40.6 Å². The number of aryl methyl sites for hydroxylation is 1. The first-order valence-electron chi connectivity index (χ1n) is 13.9. The summed E-state index contributed by atoms with van der Waals surface area (Å²) in [7, 11) is 0. The van der Waals surface area contributed by atoms with Crippen LogP contribution in [0.1, 0.15) is 52.6 Å². The molecule has 2 fully saturated rings. The number of amides is 2. The number of hydrogen-bond donors (Lipinski definition) is 0. The van der Waals surface area contributed by atoms with Crippen molar-refractivity contribution in [2.75, 3.05) is 13.5 Å². The average molecular weight is 542 g/mol. The third-order valence-electron chi connectivity index (χ3n) is 8.46. The molecule has 1 aliphatic carbocycles. The average Bonchev–Trinajstić information content (AvgIpc) is 3.41. The van der Waals surface area contributed by atoms with Crippen LogP contribution in [0.2, 0.25) is 0 Å². The molecule has 2 saturated heterocycles. The molecule has 38 heavy (non-hydrogen) atoms. The fraction of sp³-hybridized carbons (Fsp3) is 0.500. The number of hydrogen-bond acceptors (Lipinski definition) is 2. The van der Waals surface area contributed by atoms with Gasteiger partial charge in [-0.2, -0.15) is 13.2 Å². The highest BCUT2D eigenvalue weighted by atomic mass is 19.4. The number of carbonyl (C=O) groups excluding carboxylic acids is 2. The zero-order chi connectivity index (χ0) is 30.1. The Balaban J connectivity index is 1.56. The molecule has 1 unspecified atom stereocenters. The Labute approximate surface area is 220 Å². The van der Waals surface area contributed by atoms with Gasteiger partial charge in [0.2, 0.25) is 11.6 Å².